The minimum Gasteiger partial charge on any atom is -0.337 e. The Bertz CT molecular complexity index is 1280. The molecule has 5 rings (SSSR count). The largest absolute Gasteiger partial charge is 0.337 e. The molecule has 0 aliphatic carbocycles. The summed E-state index contributed by atoms with van der Waals surface area (Å²) in [4.78, 5) is 24.6. The van der Waals surface area contributed by atoms with Crippen molar-refractivity contribution >= 4 is 11.6 Å². The number of aromatic nitrogens is 2. The molecule has 0 saturated carbocycles. The molecule has 1 saturated heterocycles. The Morgan fingerprint density at radius 3 is 2.66 bits per heavy atom. The zero-order valence-electron chi connectivity index (χ0n) is 17.9. The SMILES string of the molecule is C#Cc1ccc2c(c1)C(c1ccccc1F)=N[C@H](C)c1c(C(=O)N3CCCCC3)ncn1-2. The van der Waals surface area contributed by atoms with Crippen molar-refractivity contribution in [1.29, 1.82) is 0 Å². The van der Waals surface area contributed by atoms with Gasteiger partial charge in [-0.1, -0.05) is 18.1 Å². The maximum atomic E-state index is 14.8. The summed E-state index contributed by atoms with van der Waals surface area (Å²) >= 11 is 0. The summed E-state index contributed by atoms with van der Waals surface area (Å²) < 4.78 is 16.7. The van der Waals surface area contributed by atoms with E-state index in [4.69, 9.17) is 11.4 Å². The van der Waals surface area contributed by atoms with Gasteiger partial charge in [-0.05, 0) is 56.5 Å². The second kappa shape index (κ2) is 8.08. The molecule has 1 amide bonds. The molecular weight excluding hydrogens is 403 g/mol. The van der Waals surface area contributed by atoms with Crippen molar-refractivity contribution in [3.05, 3.63) is 82.7 Å². The van der Waals surface area contributed by atoms with E-state index in [0.29, 0.717) is 33.8 Å². The normalized spacial score (nSPS) is 17.6. The van der Waals surface area contributed by atoms with Crippen molar-refractivity contribution in [2.24, 2.45) is 4.99 Å². The third-order valence-corrected chi connectivity index (χ3v) is 6.18. The molecule has 0 N–H and O–H groups in total. The molecule has 2 aliphatic heterocycles. The standard InChI is InChI=1S/C26H23FN4O/c1-3-18-11-12-22-20(15-18)23(19-9-5-6-10-21(19)27)29-17(2)25-24(28-16-31(22)25)26(32)30-13-7-4-8-14-30/h1,5-6,9-12,15-17H,4,7-8,13-14H2,2H3/t17-/m1/s1. The predicted octanol–water partition coefficient (Wildman–Crippen LogP) is 4.53. The smallest absolute Gasteiger partial charge is 0.274 e. The molecule has 0 spiro atoms. The predicted molar refractivity (Wildman–Crippen MR) is 122 cm³/mol. The first-order chi connectivity index (χ1) is 15.6. The molecule has 5 nitrogen and oxygen atoms in total. The van der Waals surface area contributed by atoms with Gasteiger partial charge in [0.15, 0.2) is 5.69 Å². The summed E-state index contributed by atoms with van der Waals surface area (Å²) in [7, 11) is 0. The van der Waals surface area contributed by atoms with Crippen molar-refractivity contribution in [1.82, 2.24) is 14.5 Å². The molecule has 0 radical (unpaired) electrons. The van der Waals surface area contributed by atoms with Crippen molar-refractivity contribution in [3.63, 3.8) is 0 Å². The van der Waals surface area contributed by atoms with Gasteiger partial charge in [-0.15, -0.1) is 6.42 Å². The van der Waals surface area contributed by atoms with E-state index in [0.717, 1.165) is 38.0 Å². The van der Waals surface area contributed by atoms with Gasteiger partial charge in [-0.2, -0.15) is 0 Å². The highest BCUT2D eigenvalue weighted by Crippen LogP contribution is 2.34. The number of halogens is 1. The van der Waals surface area contributed by atoms with Gasteiger partial charge in [-0.3, -0.25) is 14.4 Å². The monoisotopic (exact) mass is 426 g/mol. The van der Waals surface area contributed by atoms with Gasteiger partial charge in [0.2, 0.25) is 0 Å². The first-order valence-corrected chi connectivity index (χ1v) is 10.9. The maximum Gasteiger partial charge on any atom is 0.274 e. The molecular formula is C26H23FN4O. The van der Waals surface area contributed by atoms with Crippen LogP contribution in [0.2, 0.25) is 0 Å². The zero-order chi connectivity index (χ0) is 22.2. The number of amides is 1. The Morgan fingerprint density at radius 1 is 1.12 bits per heavy atom. The lowest BCUT2D eigenvalue weighted by atomic mass is 9.98. The van der Waals surface area contributed by atoms with E-state index in [-0.39, 0.29) is 11.7 Å². The number of aliphatic imine (C=N–C) groups is 1. The number of nitrogens with zero attached hydrogens (tertiary/aromatic N) is 4. The van der Waals surface area contributed by atoms with Gasteiger partial charge in [0.1, 0.15) is 12.1 Å². The Hall–Kier alpha value is -3.72. The van der Waals surface area contributed by atoms with Crippen LogP contribution in [0.1, 0.15) is 65.1 Å². The minimum atomic E-state index is -0.405. The van der Waals surface area contributed by atoms with E-state index in [2.05, 4.69) is 10.9 Å². The van der Waals surface area contributed by atoms with Gasteiger partial charge in [0.25, 0.3) is 5.91 Å². The van der Waals surface area contributed by atoms with Gasteiger partial charge in [-0.25, -0.2) is 9.37 Å². The maximum absolute atomic E-state index is 14.8. The van der Waals surface area contributed by atoms with E-state index in [9.17, 15) is 9.18 Å². The number of piperidine rings is 1. The van der Waals surface area contributed by atoms with Crippen LogP contribution in [0.15, 0.2) is 53.8 Å². The van der Waals surface area contributed by atoms with Crippen LogP contribution in [0.25, 0.3) is 5.69 Å². The highest BCUT2D eigenvalue weighted by Gasteiger charge is 2.31. The molecule has 160 valence electrons. The van der Waals surface area contributed by atoms with Crippen molar-refractivity contribution in [2.75, 3.05) is 13.1 Å². The molecule has 1 fully saturated rings. The van der Waals surface area contributed by atoms with Gasteiger partial charge >= 0.3 is 0 Å². The summed E-state index contributed by atoms with van der Waals surface area (Å²) in [6, 6.07) is 11.7. The number of carbonyl (C=O) groups excluding carboxylic acids is 1. The van der Waals surface area contributed by atoms with Crippen molar-refractivity contribution in [2.45, 2.75) is 32.2 Å². The van der Waals surface area contributed by atoms with Crippen LogP contribution >= 0.6 is 0 Å². The molecule has 0 bridgehead atoms. The highest BCUT2D eigenvalue weighted by molar-refractivity contribution is 6.15. The molecule has 3 aromatic rings. The van der Waals surface area contributed by atoms with Gasteiger partial charge in [0.05, 0.1) is 23.1 Å². The molecule has 2 aromatic carbocycles. The number of carbonyl (C=O) groups is 1. The number of hydrogen-bond acceptors (Lipinski definition) is 3. The van der Waals surface area contributed by atoms with E-state index >= 15 is 0 Å². The lowest BCUT2D eigenvalue weighted by Crippen LogP contribution is -2.36. The Balaban J connectivity index is 1.71. The molecule has 6 heteroatoms. The lowest BCUT2D eigenvalue weighted by molar-refractivity contribution is 0.0717. The summed E-state index contributed by atoms with van der Waals surface area (Å²) in [5.41, 5.74) is 4.20. The summed E-state index contributed by atoms with van der Waals surface area (Å²) in [5, 5.41) is 0. The quantitative estimate of drug-likeness (QED) is 0.566. The van der Waals surface area contributed by atoms with Crippen molar-refractivity contribution in [3.8, 4) is 18.0 Å². The van der Waals surface area contributed by atoms with Gasteiger partial charge in [0, 0.05) is 29.8 Å². The van der Waals surface area contributed by atoms with Crippen LogP contribution in [0.3, 0.4) is 0 Å². The number of benzene rings is 2. The minimum absolute atomic E-state index is 0.0726. The van der Waals surface area contributed by atoms with Crippen LogP contribution in [-0.4, -0.2) is 39.2 Å². The second-order valence-corrected chi connectivity index (χ2v) is 8.21. The fraction of sp³-hybridized carbons (Fsp3) is 0.269. The molecule has 0 unspecified atom stereocenters. The Kier molecular flexibility index (Phi) is 5.10. The first kappa shape index (κ1) is 20.2. The summed E-state index contributed by atoms with van der Waals surface area (Å²) in [5.74, 6) is 2.22. The van der Waals surface area contributed by atoms with Crippen LogP contribution in [0.5, 0.6) is 0 Å². The molecule has 1 aromatic heterocycles. The Morgan fingerprint density at radius 2 is 1.91 bits per heavy atom. The van der Waals surface area contributed by atoms with Crippen LogP contribution in [0, 0.1) is 18.2 Å². The topological polar surface area (TPSA) is 50.5 Å². The van der Waals surface area contributed by atoms with Gasteiger partial charge < -0.3 is 4.90 Å². The molecule has 2 aliphatic rings. The third-order valence-electron chi connectivity index (χ3n) is 6.18. The number of fused-ring (bicyclic) bond motifs is 3. The van der Waals surface area contributed by atoms with Crippen LogP contribution in [-0.2, 0) is 0 Å². The highest BCUT2D eigenvalue weighted by atomic mass is 19.1. The first-order valence-electron chi connectivity index (χ1n) is 10.9. The van der Waals surface area contributed by atoms with Crippen LogP contribution < -0.4 is 0 Å². The second-order valence-electron chi connectivity index (χ2n) is 8.21. The Labute approximate surface area is 186 Å². The number of hydrogen-bond donors (Lipinski definition) is 0. The van der Waals surface area contributed by atoms with Crippen molar-refractivity contribution < 1.29 is 9.18 Å². The van der Waals surface area contributed by atoms with E-state index < -0.39 is 6.04 Å². The summed E-state index contributed by atoms with van der Waals surface area (Å²) in [6.07, 6.45) is 10.5. The number of rotatable bonds is 2. The van der Waals surface area contributed by atoms with E-state index in [1.165, 1.54) is 6.07 Å². The average Bonchev–Trinajstić information content (AvgIpc) is 3.23. The molecule has 3 heterocycles. The number of terminal acetylenes is 1. The summed E-state index contributed by atoms with van der Waals surface area (Å²) in [6.45, 7) is 3.39. The van der Waals surface area contributed by atoms with E-state index in [1.807, 2.05) is 34.6 Å². The zero-order valence-corrected chi connectivity index (χ0v) is 17.9. The fourth-order valence-corrected chi connectivity index (χ4v) is 4.58. The third kappa shape index (κ3) is 3.31. The molecule has 1 atom stereocenters. The lowest BCUT2D eigenvalue weighted by Gasteiger charge is -2.26. The molecule has 32 heavy (non-hydrogen) atoms. The number of imidazole rings is 1. The van der Waals surface area contributed by atoms with E-state index in [1.54, 1.807) is 24.5 Å². The van der Waals surface area contributed by atoms with Crippen LogP contribution in [0.4, 0.5) is 4.39 Å². The number of likely N-dealkylation sites (tertiary alicyclic amines) is 1. The average molecular weight is 426 g/mol. The fourth-order valence-electron chi connectivity index (χ4n) is 4.58.